The number of methoxy groups -OCH3 is 1. The van der Waals surface area contributed by atoms with E-state index in [-0.39, 0.29) is 23.9 Å². The SMILES string of the molecule is COc1ccc(N[C@H]2c3cc(C(N)=O)ccc3N(C(C)=O)[C@@H](C3CC3)[C@@H]2C)cc1. The van der Waals surface area contributed by atoms with Crippen LogP contribution >= 0.6 is 0 Å². The van der Waals surface area contributed by atoms with Crippen LogP contribution in [0.25, 0.3) is 0 Å². The number of anilines is 2. The molecular weight excluding hydrogens is 366 g/mol. The van der Waals surface area contributed by atoms with Gasteiger partial charge in [-0.3, -0.25) is 9.59 Å². The number of nitrogens with two attached hydrogens (primary N) is 1. The van der Waals surface area contributed by atoms with Crippen molar-refractivity contribution >= 4 is 23.2 Å². The Bertz CT molecular complexity index is 937. The molecule has 3 N–H and O–H groups in total. The molecule has 29 heavy (non-hydrogen) atoms. The van der Waals surface area contributed by atoms with Crippen LogP contribution in [0.3, 0.4) is 0 Å². The van der Waals surface area contributed by atoms with E-state index in [1.165, 1.54) is 0 Å². The van der Waals surface area contributed by atoms with Crippen LogP contribution in [0.4, 0.5) is 11.4 Å². The molecule has 0 bridgehead atoms. The van der Waals surface area contributed by atoms with Gasteiger partial charge in [0.2, 0.25) is 11.8 Å². The van der Waals surface area contributed by atoms with Gasteiger partial charge in [-0.1, -0.05) is 6.92 Å². The second-order valence-corrected chi connectivity index (χ2v) is 8.06. The maximum atomic E-state index is 12.6. The van der Waals surface area contributed by atoms with Gasteiger partial charge < -0.3 is 20.7 Å². The average Bonchev–Trinajstić information content (AvgIpc) is 3.54. The highest BCUT2D eigenvalue weighted by atomic mass is 16.5. The van der Waals surface area contributed by atoms with Crippen LogP contribution in [-0.4, -0.2) is 25.0 Å². The zero-order chi connectivity index (χ0) is 20.7. The molecule has 0 saturated heterocycles. The van der Waals surface area contributed by atoms with Gasteiger partial charge in [-0.25, -0.2) is 0 Å². The molecule has 6 nitrogen and oxygen atoms in total. The summed E-state index contributed by atoms with van der Waals surface area (Å²) in [4.78, 5) is 26.3. The third kappa shape index (κ3) is 3.55. The Balaban J connectivity index is 1.79. The fraction of sp³-hybridized carbons (Fsp3) is 0.391. The monoisotopic (exact) mass is 393 g/mol. The fourth-order valence-electron chi connectivity index (χ4n) is 4.59. The number of fused-ring (bicyclic) bond motifs is 1. The van der Waals surface area contributed by atoms with Crippen molar-refractivity contribution < 1.29 is 14.3 Å². The van der Waals surface area contributed by atoms with Gasteiger partial charge in [0.05, 0.1) is 13.2 Å². The van der Waals surface area contributed by atoms with Crippen LogP contribution in [0, 0.1) is 11.8 Å². The number of primary amides is 1. The lowest BCUT2D eigenvalue weighted by molar-refractivity contribution is -0.117. The minimum Gasteiger partial charge on any atom is -0.497 e. The van der Waals surface area contributed by atoms with Gasteiger partial charge in [-0.05, 0) is 66.8 Å². The van der Waals surface area contributed by atoms with Gasteiger partial charge >= 0.3 is 0 Å². The normalized spacial score (nSPS) is 23.3. The maximum Gasteiger partial charge on any atom is 0.248 e. The quantitative estimate of drug-likeness (QED) is 0.811. The van der Waals surface area contributed by atoms with E-state index < -0.39 is 5.91 Å². The Hall–Kier alpha value is -3.02. The number of hydrogen-bond acceptors (Lipinski definition) is 4. The average molecular weight is 393 g/mol. The third-order valence-corrected chi connectivity index (χ3v) is 6.13. The molecule has 4 rings (SSSR count). The first-order valence-corrected chi connectivity index (χ1v) is 10.0. The smallest absolute Gasteiger partial charge is 0.248 e. The predicted molar refractivity (Wildman–Crippen MR) is 113 cm³/mol. The number of benzene rings is 2. The minimum absolute atomic E-state index is 0.0322. The summed E-state index contributed by atoms with van der Waals surface area (Å²) < 4.78 is 5.25. The lowest BCUT2D eigenvalue weighted by atomic mass is 9.79. The summed E-state index contributed by atoms with van der Waals surface area (Å²) in [5, 5.41) is 3.63. The molecule has 6 heteroatoms. The van der Waals surface area contributed by atoms with Crippen molar-refractivity contribution in [3.05, 3.63) is 53.6 Å². The number of amides is 2. The van der Waals surface area contributed by atoms with Crippen molar-refractivity contribution in [2.75, 3.05) is 17.3 Å². The standard InChI is InChI=1S/C23H27N3O3/c1-13-21(25-17-7-9-18(29-3)10-8-17)19-12-16(23(24)28)6-11-20(19)26(14(2)27)22(13)15-4-5-15/h6-13,15,21-22,25H,4-5H2,1-3H3,(H2,24,28)/t13-,21-,22-/m1/s1. The number of carbonyl (C=O) groups excluding carboxylic acids is 2. The van der Waals surface area contributed by atoms with Gasteiger partial charge in [-0.2, -0.15) is 0 Å². The molecule has 0 unspecified atom stereocenters. The molecule has 0 aromatic heterocycles. The Kier molecular flexibility index (Phi) is 4.94. The summed E-state index contributed by atoms with van der Waals surface area (Å²) in [6.45, 7) is 3.80. The number of ether oxygens (including phenoxy) is 1. The molecule has 3 atom stereocenters. The van der Waals surface area contributed by atoms with E-state index in [4.69, 9.17) is 10.5 Å². The molecular formula is C23H27N3O3. The first-order chi connectivity index (χ1) is 13.9. The van der Waals surface area contributed by atoms with Crippen LogP contribution in [0.5, 0.6) is 5.75 Å². The van der Waals surface area contributed by atoms with Crippen LogP contribution < -0.4 is 20.7 Å². The lowest BCUT2D eigenvalue weighted by Crippen LogP contribution is -2.51. The molecule has 2 aromatic carbocycles. The molecule has 1 heterocycles. The second kappa shape index (κ2) is 7.43. The van der Waals surface area contributed by atoms with Gasteiger partial charge in [0.15, 0.2) is 0 Å². The number of nitrogens with zero attached hydrogens (tertiary/aromatic N) is 1. The summed E-state index contributed by atoms with van der Waals surface area (Å²) in [6, 6.07) is 13.3. The summed E-state index contributed by atoms with van der Waals surface area (Å²) in [6.07, 6.45) is 2.28. The molecule has 2 aromatic rings. The number of carbonyl (C=O) groups is 2. The first-order valence-electron chi connectivity index (χ1n) is 10.0. The molecule has 1 aliphatic heterocycles. The predicted octanol–water partition coefficient (Wildman–Crippen LogP) is 3.73. The molecule has 152 valence electrons. The second-order valence-electron chi connectivity index (χ2n) is 8.06. The molecule has 0 radical (unpaired) electrons. The minimum atomic E-state index is -0.470. The van der Waals surface area contributed by atoms with E-state index >= 15 is 0 Å². The highest BCUT2D eigenvalue weighted by molar-refractivity contribution is 5.97. The van der Waals surface area contributed by atoms with Crippen molar-refractivity contribution in [1.82, 2.24) is 0 Å². The van der Waals surface area contributed by atoms with Gasteiger partial charge in [-0.15, -0.1) is 0 Å². The Morgan fingerprint density at radius 3 is 2.38 bits per heavy atom. The Labute approximate surface area is 171 Å². The number of rotatable bonds is 5. The third-order valence-electron chi connectivity index (χ3n) is 6.13. The summed E-state index contributed by atoms with van der Waals surface area (Å²) in [5.41, 5.74) is 8.74. The van der Waals surface area contributed by atoms with E-state index in [9.17, 15) is 9.59 Å². The number of hydrogen-bond donors (Lipinski definition) is 2. The lowest BCUT2D eigenvalue weighted by Gasteiger charge is -2.46. The first kappa shape index (κ1) is 19.3. The maximum absolute atomic E-state index is 12.6. The zero-order valence-corrected chi connectivity index (χ0v) is 17.0. The Morgan fingerprint density at radius 2 is 1.83 bits per heavy atom. The van der Waals surface area contributed by atoms with E-state index in [1.54, 1.807) is 20.1 Å². The molecule has 1 aliphatic carbocycles. The fourth-order valence-corrected chi connectivity index (χ4v) is 4.59. The van der Waals surface area contributed by atoms with Crippen LogP contribution in [0.15, 0.2) is 42.5 Å². The van der Waals surface area contributed by atoms with Gasteiger partial charge in [0, 0.05) is 35.8 Å². The summed E-state index contributed by atoms with van der Waals surface area (Å²) >= 11 is 0. The molecule has 1 fully saturated rings. The van der Waals surface area contributed by atoms with E-state index in [0.717, 1.165) is 35.5 Å². The molecule has 1 saturated carbocycles. The Morgan fingerprint density at radius 1 is 1.14 bits per heavy atom. The van der Waals surface area contributed by atoms with Crippen molar-refractivity contribution in [2.45, 2.75) is 38.8 Å². The highest BCUT2D eigenvalue weighted by Gasteiger charge is 2.47. The van der Waals surface area contributed by atoms with Crippen molar-refractivity contribution in [1.29, 1.82) is 0 Å². The number of nitrogens with one attached hydrogen (secondary N) is 1. The highest BCUT2D eigenvalue weighted by Crippen LogP contribution is 2.50. The van der Waals surface area contributed by atoms with E-state index in [2.05, 4.69) is 12.2 Å². The van der Waals surface area contributed by atoms with Crippen molar-refractivity contribution in [2.24, 2.45) is 17.6 Å². The van der Waals surface area contributed by atoms with Crippen LogP contribution in [0.2, 0.25) is 0 Å². The largest absolute Gasteiger partial charge is 0.497 e. The molecule has 2 aliphatic rings. The molecule has 0 spiro atoms. The van der Waals surface area contributed by atoms with Crippen LogP contribution in [-0.2, 0) is 4.79 Å². The topological polar surface area (TPSA) is 84.7 Å². The van der Waals surface area contributed by atoms with Gasteiger partial charge in [0.25, 0.3) is 0 Å². The molecule has 2 amide bonds. The zero-order valence-electron chi connectivity index (χ0n) is 17.0. The van der Waals surface area contributed by atoms with E-state index in [0.29, 0.717) is 11.5 Å². The van der Waals surface area contributed by atoms with Crippen molar-refractivity contribution in [3.8, 4) is 5.75 Å². The van der Waals surface area contributed by atoms with Crippen molar-refractivity contribution in [3.63, 3.8) is 0 Å². The van der Waals surface area contributed by atoms with Crippen LogP contribution in [0.1, 0.15) is 48.7 Å². The summed E-state index contributed by atoms with van der Waals surface area (Å²) in [7, 11) is 1.64. The van der Waals surface area contributed by atoms with E-state index in [1.807, 2.05) is 41.3 Å². The van der Waals surface area contributed by atoms with Gasteiger partial charge in [0.1, 0.15) is 5.75 Å². The summed E-state index contributed by atoms with van der Waals surface area (Å²) in [5.74, 6) is 1.04.